The van der Waals surface area contributed by atoms with Gasteiger partial charge in [-0.15, -0.1) is 24.0 Å². The van der Waals surface area contributed by atoms with E-state index in [-0.39, 0.29) is 30.0 Å². The van der Waals surface area contributed by atoms with Gasteiger partial charge in [-0.3, -0.25) is 4.68 Å². The van der Waals surface area contributed by atoms with Gasteiger partial charge in [0.05, 0.1) is 18.8 Å². The lowest BCUT2D eigenvalue weighted by Crippen LogP contribution is -2.41. The molecule has 0 saturated carbocycles. The molecular weight excluding hydrogens is 451 g/mol. The van der Waals surface area contributed by atoms with Crippen LogP contribution in [-0.4, -0.2) is 47.8 Å². The predicted octanol–water partition coefficient (Wildman–Crippen LogP) is 3.01. The van der Waals surface area contributed by atoms with Crippen LogP contribution in [0.2, 0.25) is 0 Å². The number of likely N-dealkylation sites (N-methyl/N-ethyl adjacent to an activating group) is 1. The van der Waals surface area contributed by atoms with Crippen LogP contribution in [0.5, 0.6) is 0 Å². The van der Waals surface area contributed by atoms with Crippen molar-refractivity contribution in [2.75, 3.05) is 27.2 Å². The molecule has 2 aromatic rings. The summed E-state index contributed by atoms with van der Waals surface area (Å²) >= 11 is 0. The summed E-state index contributed by atoms with van der Waals surface area (Å²) in [7, 11) is 6.11. The highest BCUT2D eigenvalue weighted by molar-refractivity contribution is 14.0. The van der Waals surface area contributed by atoms with Crippen LogP contribution >= 0.6 is 24.0 Å². The van der Waals surface area contributed by atoms with Crippen LogP contribution in [0.3, 0.4) is 0 Å². The van der Waals surface area contributed by atoms with Gasteiger partial charge in [0.1, 0.15) is 0 Å². The Morgan fingerprint density at radius 3 is 2.56 bits per heavy atom. The van der Waals surface area contributed by atoms with Gasteiger partial charge < -0.3 is 15.5 Å². The number of nitrogens with zero attached hydrogens (tertiary/aromatic N) is 4. The number of aryl methyl sites for hydroxylation is 3. The lowest BCUT2D eigenvalue weighted by molar-refractivity contribution is 0.298. The second-order valence-corrected chi connectivity index (χ2v) is 6.93. The fraction of sp³-hybridized carbons (Fsp3) is 0.500. The number of aromatic nitrogens is 2. The Labute approximate surface area is 180 Å². The maximum Gasteiger partial charge on any atom is 0.191 e. The Hall–Kier alpha value is -1.61. The van der Waals surface area contributed by atoms with Gasteiger partial charge in [-0.05, 0) is 46.0 Å². The van der Waals surface area contributed by atoms with Crippen molar-refractivity contribution in [3.8, 4) is 0 Å². The Bertz CT molecular complexity index is 738. The largest absolute Gasteiger partial charge is 0.357 e. The molecular formula is C20H33IN6. The first-order chi connectivity index (χ1) is 12.4. The molecule has 27 heavy (non-hydrogen) atoms. The van der Waals surface area contributed by atoms with Gasteiger partial charge in [-0.25, -0.2) is 4.99 Å². The summed E-state index contributed by atoms with van der Waals surface area (Å²) < 4.78 is 1.84. The first kappa shape index (κ1) is 23.4. The van der Waals surface area contributed by atoms with Crippen molar-refractivity contribution >= 4 is 29.9 Å². The molecule has 0 spiro atoms. The number of hydrogen-bond donors (Lipinski definition) is 2. The zero-order valence-corrected chi connectivity index (χ0v) is 19.6. The van der Waals surface area contributed by atoms with Gasteiger partial charge in [0, 0.05) is 31.9 Å². The minimum absolute atomic E-state index is 0. The van der Waals surface area contributed by atoms with Crippen LogP contribution in [0.25, 0.3) is 0 Å². The minimum Gasteiger partial charge on any atom is -0.357 e. The lowest BCUT2D eigenvalue weighted by Gasteiger charge is -2.24. The molecule has 0 aliphatic carbocycles. The fourth-order valence-corrected chi connectivity index (χ4v) is 2.93. The molecule has 6 nitrogen and oxygen atoms in total. The first-order valence-electron chi connectivity index (χ1n) is 9.14. The summed E-state index contributed by atoms with van der Waals surface area (Å²) in [5, 5.41) is 11.1. The van der Waals surface area contributed by atoms with Crippen LogP contribution in [0.4, 0.5) is 0 Å². The van der Waals surface area contributed by atoms with Crippen LogP contribution in [-0.2, 0) is 13.6 Å². The minimum atomic E-state index is 0. The molecule has 0 fully saturated rings. The van der Waals surface area contributed by atoms with E-state index in [2.05, 4.69) is 79.9 Å². The maximum absolute atomic E-state index is 4.76. The van der Waals surface area contributed by atoms with E-state index in [4.69, 9.17) is 4.99 Å². The number of nitrogens with one attached hydrogen (secondary N) is 2. The molecule has 7 heteroatoms. The molecule has 0 aliphatic rings. The first-order valence-corrected chi connectivity index (χ1v) is 9.14. The van der Waals surface area contributed by atoms with E-state index < -0.39 is 0 Å². The molecule has 1 aromatic carbocycles. The van der Waals surface area contributed by atoms with Gasteiger partial charge in [0.25, 0.3) is 0 Å². The molecule has 1 atom stereocenters. The molecule has 1 unspecified atom stereocenters. The summed E-state index contributed by atoms with van der Waals surface area (Å²) in [4.78, 5) is 6.95. The van der Waals surface area contributed by atoms with Crippen molar-refractivity contribution in [3.63, 3.8) is 0 Å². The maximum atomic E-state index is 4.76. The number of halogens is 1. The summed E-state index contributed by atoms with van der Waals surface area (Å²) in [6.07, 6.45) is 3.98. The summed E-state index contributed by atoms with van der Waals surface area (Å²) in [6.45, 7) is 8.60. The molecule has 2 N–H and O–H groups in total. The Morgan fingerprint density at radius 2 is 2.00 bits per heavy atom. The normalized spacial score (nSPS) is 12.6. The van der Waals surface area contributed by atoms with Crippen molar-refractivity contribution in [1.82, 2.24) is 25.3 Å². The SMILES string of the molecule is CCNC(=NCc1ccc(C)cc1C)NCC(c1cnn(C)c1)N(C)C.I. The van der Waals surface area contributed by atoms with Crippen molar-refractivity contribution < 1.29 is 0 Å². The molecule has 0 aliphatic heterocycles. The van der Waals surface area contributed by atoms with E-state index in [0.29, 0.717) is 6.54 Å². The van der Waals surface area contributed by atoms with E-state index in [1.807, 2.05) is 17.9 Å². The molecule has 1 aromatic heterocycles. The van der Waals surface area contributed by atoms with Crippen molar-refractivity contribution in [2.24, 2.45) is 12.0 Å². The van der Waals surface area contributed by atoms with Gasteiger partial charge >= 0.3 is 0 Å². The third kappa shape index (κ3) is 7.14. The third-order valence-corrected chi connectivity index (χ3v) is 4.45. The molecule has 2 rings (SSSR count). The number of guanidine groups is 1. The molecule has 0 amide bonds. The zero-order chi connectivity index (χ0) is 19.1. The number of rotatable bonds is 7. The van der Waals surface area contributed by atoms with Crippen LogP contribution in [0, 0.1) is 13.8 Å². The Morgan fingerprint density at radius 1 is 1.26 bits per heavy atom. The van der Waals surface area contributed by atoms with Crippen molar-refractivity contribution in [1.29, 1.82) is 0 Å². The van der Waals surface area contributed by atoms with Crippen molar-refractivity contribution in [3.05, 3.63) is 52.8 Å². The second kappa shape index (κ2) is 11.3. The summed E-state index contributed by atoms with van der Waals surface area (Å²) in [5.74, 6) is 0.836. The van der Waals surface area contributed by atoms with E-state index in [0.717, 1.165) is 19.0 Å². The summed E-state index contributed by atoms with van der Waals surface area (Å²) in [5.41, 5.74) is 5.01. The highest BCUT2D eigenvalue weighted by Crippen LogP contribution is 2.16. The Balaban J connectivity index is 0.00000364. The smallest absolute Gasteiger partial charge is 0.191 e. The summed E-state index contributed by atoms with van der Waals surface area (Å²) in [6, 6.07) is 6.74. The average molecular weight is 484 g/mol. The highest BCUT2D eigenvalue weighted by atomic mass is 127. The van der Waals surface area contributed by atoms with E-state index in [1.165, 1.54) is 22.3 Å². The topological polar surface area (TPSA) is 57.5 Å². The van der Waals surface area contributed by atoms with Crippen molar-refractivity contribution in [2.45, 2.75) is 33.4 Å². The fourth-order valence-electron chi connectivity index (χ4n) is 2.93. The average Bonchev–Trinajstić information content (AvgIpc) is 2.99. The molecule has 0 saturated heterocycles. The zero-order valence-electron chi connectivity index (χ0n) is 17.3. The van der Waals surface area contributed by atoms with Crippen LogP contribution in [0.15, 0.2) is 35.6 Å². The number of hydrogen-bond acceptors (Lipinski definition) is 3. The molecule has 1 heterocycles. The van der Waals surface area contributed by atoms with E-state index in [1.54, 1.807) is 0 Å². The third-order valence-electron chi connectivity index (χ3n) is 4.45. The molecule has 0 bridgehead atoms. The van der Waals surface area contributed by atoms with Gasteiger partial charge in [-0.2, -0.15) is 5.10 Å². The lowest BCUT2D eigenvalue weighted by atomic mass is 10.1. The standard InChI is InChI=1S/C20H32N6.HI/c1-7-21-20(22-11-17-9-8-15(2)10-16(17)3)23-13-19(25(4)5)18-12-24-26(6)14-18;/h8-10,12,14,19H,7,11,13H2,1-6H3,(H2,21,22,23);1H. The van der Waals surface area contributed by atoms with Crippen LogP contribution in [0.1, 0.15) is 35.2 Å². The highest BCUT2D eigenvalue weighted by Gasteiger charge is 2.16. The predicted molar refractivity (Wildman–Crippen MR) is 124 cm³/mol. The van der Waals surface area contributed by atoms with E-state index >= 15 is 0 Å². The molecule has 0 radical (unpaired) electrons. The Kier molecular flexibility index (Phi) is 9.79. The number of benzene rings is 1. The van der Waals surface area contributed by atoms with E-state index in [9.17, 15) is 0 Å². The van der Waals surface area contributed by atoms with Gasteiger partial charge in [0.15, 0.2) is 5.96 Å². The van der Waals surface area contributed by atoms with Gasteiger partial charge in [-0.1, -0.05) is 23.8 Å². The van der Waals surface area contributed by atoms with Crippen LogP contribution < -0.4 is 10.6 Å². The quantitative estimate of drug-likeness (QED) is 0.361. The second-order valence-electron chi connectivity index (χ2n) is 6.93. The molecule has 150 valence electrons. The number of aliphatic imine (C=N–C) groups is 1. The monoisotopic (exact) mass is 484 g/mol. The van der Waals surface area contributed by atoms with Gasteiger partial charge in [0.2, 0.25) is 0 Å².